The number of ketones is 1. The number of nitrogens with zero attached hydrogens (tertiary/aromatic N) is 2. The summed E-state index contributed by atoms with van der Waals surface area (Å²) in [5.41, 5.74) is 1.30. The number of hydrogen-bond donors (Lipinski definition) is 1. The number of benzene rings is 2. The number of amides is 1. The number of Topliss-reactive ketones (excluding diaryl/α,β-unsaturated/α-hetero) is 1. The fourth-order valence-corrected chi connectivity index (χ4v) is 5.12. The SMILES string of the molecule is COc1c(C(=O)NCC(F)(F)F)ccc2nn(CC3CCCCC(C(=O)c4ccc(Cl)cc4)CC3)cc12. The Labute approximate surface area is 218 Å². The Bertz CT molecular complexity index is 1260. The maximum absolute atomic E-state index is 13.0. The zero-order chi connectivity index (χ0) is 26.6. The van der Waals surface area contributed by atoms with Crippen LogP contribution in [0, 0.1) is 11.8 Å². The van der Waals surface area contributed by atoms with Crippen molar-refractivity contribution in [1.82, 2.24) is 15.1 Å². The van der Waals surface area contributed by atoms with Crippen molar-refractivity contribution >= 4 is 34.2 Å². The van der Waals surface area contributed by atoms with Gasteiger partial charge in [0.1, 0.15) is 12.3 Å². The predicted octanol–water partition coefficient (Wildman–Crippen LogP) is 6.46. The summed E-state index contributed by atoms with van der Waals surface area (Å²) in [6.07, 6.45) is 2.81. The number of carbonyl (C=O) groups is 2. The lowest BCUT2D eigenvalue weighted by Crippen LogP contribution is -2.33. The van der Waals surface area contributed by atoms with E-state index in [0.29, 0.717) is 34.0 Å². The molecule has 1 heterocycles. The maximum atomic E-state index is 13.0. The molecule has 1 saturated carbocycles. The number of nitrogens with one attached hydrogen (secondary N) is 1. The van der Waals surface area contributed by atoms with Crippen LogP contribution in [-0.2, 0) is 6.54 Å². The minimum atomic E-state index is -4.51. The lowest BCUT2D eigenvalue weighted by atomic mass is 9.82. The fraction of sp³-hybridized carbons (Fsp3) is 0.444. The number of rotatable bonds is 7. The summed E-state index contributed by atoms with van der Waals surface area (Å²) in [6.45, 7) is -0.787. The fourth-order valence-electron chi connectivity index (χ4n) is 4.99. The normalized spacial score (nSPS) is 18.7. The molecular formula is C27H29ClF3N3O3. The Hall–Kier alpha value is -3.07. The summed E-state index contributed by atoms with van der Waals surface area (Å²) in [6, 6.07) is 10.1. The predicted molar refractivity (Wildman–Crippen MR) is 135 cm³/mol. The van der Waals surface area contributed by atoms with Crippen molar-refractivity contribution in [3.8, 4) is 5.75 Å². The maximum Gasteiger partial charge on any atom is 0.405 e. The first-order valence-electron chi connectivity index (χ1n) is 12.3. The molecule has 2 aromatic carbocycles. The number of carbonyl (C=O) groups excluding carboxylic acids is 2. The van der Waals surface area contributed by atoms with Crippen LogP contribution in [0.1, 0.15) is 59.2 Å². The van der Waals surface area contributed by atoms with E-state index in [0.717, 1.165) is 38.5 Å². The van der Waals surface area contributed by atoms with Gasteiger partial charge in [0.2, 0.25) is 0 Å². The van der Waals surface area contributed by atoms with Crippen LogP contribution >= 0.6 is 11.6 Å². The minimum Gasteiger partial charge on any atom is -0.495 e. The summed E-state index contributed by atoms with van der Waals surface area (Å²) in [7, 11) is 1.37. The van der Waals surface area contributed by atoms with E-state index in [1.54, 1.807) is 41.2 Å². The molecule has 1 aliphatic rings. The summed E-state index contributed by atoms with van der Waals surface area (Å²) >= 11 is 5.96. The number of halogens is 4. The van der Waals surface area contributed by atoms with Gasteiger partial charge >= 0.3 is 6.18 Å². The van der Waals surface area contributed by atoms with E-state index in [-0.39, 0.29) is 23.0 Å². The molecule has 2 atom stereocenters. The number of methoxy groups -OCH3 is 1. The van der Waals surface area contributed by atoms with E-state index in [4.69, 9.17) is 16.3 Å². The van der Waals surface area contributed by atoms with Crippen molar-refractivity contribution in [1.29, 1.82) is 0 Å². The molecule has 0 radical (unpaired) electrons. The van der Waals surface area contributed by atoms with Gasteiger partial charge in [-0.05, 0) is 68.0 Å². The molecule has 0 saturated heterocycles. The quantitative estimate of drug-likeness (QED) is 0.352. The van der Waals surface area contributed by atoms with Gasteiger partial charge in [-0.2, -0.15) is 18.3 Å². The van der Waals surface area contributed by atoms with Gasteiger partial charge in [-0.15, -0.1) is 0 Å². The molecule has 0 spiro atoms. The van der Waals surface area contributed by atoms with Crippen LogP contribution in [0.4, 0.5) is 13.2 Å². The second kappa shape index (κ2) is 11.5. The van der Waals surface area contributed by atoms with Gasteiger partial charge in [0.25, 0.3) is 5.91 Å². The molecule has 6 nitrogen and oxygen atoms in total. The van der Waals surface area contributed by atoms with Crippen LogP contribution in [0.3, 0.4) is 0 Å². The highest BCUT2D eigenvalue weighted by molar-refractivity contribution is 6.30. The molecule has 0 aliphatic heterocycles. The largest absolute Gasteiger partial charge is 0.495 e. The second-order valence-electron chi connectivity index (χ2n) is 9.52. The molecule has 2 unspecified atom stereocenters. The van der Waals surface area contributed by atoms with E-state index in [1.165, 1.54) is 13.2 Å². The monoisotopic (exact) mass is 535 g/mol. The van der Waals surface area contributed by atoms with Crippen LogP contribution in [0.15, 0.2) is 42.6 Å². The highest BCUT2D eigenvalue weighted by Crippen LogP contribution is 2.32. The van der Waals surface area contributed by atoms with E-state index >= 15 is 0 Å². The highest BCUT2D eigenvalue weighted by Gasteiger charge is 2.29. The molecule has 37 heavy (non-hydrogen) atoms. The highest BCUT2D eigenvalue weighted by atomic mass is 35.5. The van der Waals surface area contributed by atoms with Gasteiger partial charge < -0.3 is 10.1 Å². The Morgan fingerprint density at radius 1 is 1.08 bits per heavy atom. The summed E-state index contributed by atoms with van der Waals surface area (Å²) in [5, 5.41) is 7.66. The van der Waals surface area contributed by atoms with Crippen LogP contribution < -0.4 is 10.1 Å². The minimum absolute atomic E-state index is 0.0216. The summed E-state index contributed by atoms with van der Waals surface area (Å²) in [5.74, 6) is -0.229. The van der Waals surface area contributed by atoms with Gasteiger partial charge in [0, 0.05) is 29.2 Å². The first-order chi connectivity index (χ1) is 17.6. The van der Waals surface area contributed by atoms with Gasteiger partial charge in [-0.1, -0.05) is 24.4 Å². The Morgan fingerprint density at radius 2 is 1.81 bits per heavy atom. The van der Waals surface area contributed by atoms with E-state index in [9.17, 15) is 22.8 Å². The molecule has 0 bridgehead atoms. The topological polar surface area (TPSA) is 73.2 Å². The first-order valence-corrected chi connectivity index (χ1v) is 12.7. The average molecular weight is 536 g/mol. The Morgan fingerprint density at radius 3 is 2.51 bits per heavy atom. The lowest BCUT2D eigenvalue weighted by molar-refractivity contribution is -0.123. The van der Waals surface area contributed by atoms with Crippen molar-refractivity contribution in [3.05, 3.63) is 58.7 Å². The molecule has 4 rings (SSSR count). The second-order valence-corrected chi connectivity index (χ2v) is 9.96. The van der Waals surface area contributed by atoms with Crippen LogP contribution in [0.25, 0.3) is 10.9 Å². The van der Waals surface area contributed by atoms with Gasteiger partial charge in [0.05, 0.1) is 23.6 Å². The third-order valence-corrected chi connectivity index (χ3v) is 7.12. The van der Waals surface area contributed by atoms with Crippen LogP contribution in [0.2, 0.25) is 5.02 Å². The molecule has 10 heteroatoms. The zero-order valence-electron chi connectivity index (χ0n) is 20.5. The smallest absolute Gasteiger partial charge is 0.405 e. The number of ether oxygens (including phenoxy) is 1. The third kappa shape index (κ3) is 6.83. The first kappa shape index (κ1) is 27.0. The molecule has 3 aromatic rings. The van der Waals surface area contributed by atoms with Crippen LogP contribution in [0.5, 0.6) is 5.75 Å². The molecular weight excluding hydrogens is 507 g/mol. The number of hydrogen-bond acceptors (Lipinski definition) is 4. The zero-order valence-corrected chi connectivity index (χ0v) is 21.2. The van der Waals surface area contributed by atoms with Crippen LogP contribution in [-0.4, -0.2) is 41.3 Å². The van der Waals surface area contributed by atoms with Gasteiger partial charge in [-0.3, -0.25) is 14.3 Å². The van der Waals surface area contributed by atoms with E-state index in [1.807, 2.05) is 5.32 Å². The van der Waals surface area contributed by atoms with E-state index in [2.05, 4.69) is 5.10 Å². The van der Waals surface area contributed by atoms with Crippen molar-refractivity contribution in [2.75, 3.05) is 13.7 Å². The van der Waals surface area contributed by atoms with Gasteiger partial charge in [-0.25, -0.2) is 0 Å². The average Bonchev–Trinajstić information content (AvgIpc) is 3.26. The Balaban J connectivity index is 1.46. The summed E-state index contributed by atoms with van der Waals surface area (Å²) in [4.78, 5) is 25.4. The molecule has 1 amide bonds. The van der Waals surface area contributed by atoms with E-state index < -0.39 is 18.6 Å². The Kier molecular flexibility index (Phi) is 8.42. The summed E-state index contributed by atoms with van der Waals surface area (Å²) < 4.78 is 44.8. The standard InChI is InChI=1S/C27H29ClF3N3O3/c1-37-25-21(26(36)32-16-27(29,30)31)12-13-23-22(25)15-34(33-23)14-17-4-2-3-5-18(7-6-17)24(35)19-8-10-20(28)11-9-19/h8-13,15,17-18H,2-7,14,16H2,1H3,(H,32,36). The molecule has 1 N–H and O–H groups in total. The van der Waals surface area contributed by atoms with Crippen molar-refractivity contribution in [2.24, 2.45) is 11.8 Å². The lowest BCUT2D eigenvalue weighted by Gasteiger charge is -2.24. The number of alkyl halides is 3. The molecule has 1 aliphatic carbocycles. The van der Waals surface area contributed by atoms with Crippen molar-refractivity contribution < 1.29 is 27.5 Å². The third-order valence-electron chi connectivity index (χ3n) is 6.87. The molecule has 1 aromatic heterocycles. The van der Waals surface area contributed by atoms with Crippen molar-refractivity contribution in [3.63, 3.8) is 0 Å². The molecule has 1 fully saturated rings. The van der Waals surface area contributed by atoms with Crippen molar-refractivity contribution in [2.45, 2.75) is 51.2 Å². The number of fused-ring (bicyclic) bond motifs is 1. The number of aromatic nitrogens is 2. The van der Waals surface area contributed by atoms with Gasteiger partial charge in [0.15, 0.2) is 5.78 Å². The molecule has 198 valence electrons.